The summed E-state index contributed by atoms with van der Waals surface area (Å²) in [6.45, 7) is 0.677. The van der Waals surface area contributed by atoms with Crippen molar-refractivity contribution in [1.29, 1.82) is 0 Å². The summed E-state index contributed by atoms with van der Waals surface area (Å²) < 4.78 is 10.9. The van der Waals surface area contributed by atoms with E-state index < -0.39 is 0 Å². The van der Waals surface area contributed by atoms with Crippen molar-refractivity contribution < 1.29 is 9.47 Å². The van der Waals surface area contributed by atoms with E-state index in [1.54, 1.807) is 14.2 Å². The van der Waals surface area contributed by atoms with Crippen molar-refractivity contribution in [3.05, 3.63) is 45.9 Å². The van der Waals surface area contributed by atoms with Crippen LogP contribution in [0.4, 0.5) is 0 Å². The lowest BCUT2D eigenvalue weighted by Gasteiger charge is -2.11. The van der Waals surface area contributed by atoms with Gasteiger partial charge < -0.3 is 20.2 Å². The SMILES string of the molecule is COc1ccc(-c2[nH]c3c(Cl)c(Cl)ccc3c2CCCCN)c(OC)c1. The van der Waals surface area contributed by atoms with Gasteiger partial charge in [-0.2, -0.15) is 0 Å². The third-order valence-corrected chi connectivity index (χ3v) is 5.33. The molecule has 138 valence electrons. The van der Waals surface area contributed by atoms with Crippen molar-refractivity contribution in [1.82, 2.24) is 4.98 Å². The average molecular weight is 393 g/mol. The van der Waals surface area contributed by atoms with Crippen LogP contribution in [0, 0.1) is 0 Å². The van der Waals surface area contributed by atoms with E-state index in [9.17, 15) is 0 Å². The molecule has 0 fully saturated rings. The molecular formula is C20H22Cl2N2O2. The number of aryl methyl sites for hydroxylation is 1. The maximum atomic E-state index is 6.45. The Labute approximate surface area is 163 Å². The predicted molar refractivity (Wildman–Crippen MR) is 109 cm³/mol. The average Bonchev–Trinajstić information content (AvgIpc) is 3.03. The summed E-state index contributed by atoms with van der Waals surface area (Å²) in [5.41, 5.74) is 9.65. The number of methoxy groups -OCH3 is 2. The van der Waals surface area contributed by atoms with Gasteiger partial charge in [-0.3, -0.25) is 0 Å². The minimum Gasteiger partial charge on any atom is -0.497 e. The molecule has 0 unspecified atom stereocenters. The van der Waals surface area contributed by atoms with Crippen molar-refractivity contribution in [2.45, 2.75) is 19.3 Å². The molecule has 3 aromatic rings. The number of benzene rings is 2. The first-order valence-corrected chi connectivity index (χ1v) is 9.27. The van der Waals surface area contributed by atoms with Crippen molar-refractivity contribution >= 4 is 34.1 Å². The molecule has 0 amide bonds. The van der Waals surface area contributed by atoms with Gasteiger partial charge >= 0.3 is 0 Å². The molecule has 2 aromatic carbocycles. The lowest BCUT2D eigenvalue weighted by molar-refractivity contribution is 0.395. The van der Waals surface area contributed by atoms with E-state index in [-0.39, 0.29) is 0 Å². The van der Waals surface area contributed by atoms with Crippen molar-refractivity contribution in [2.75, 3.05) is 20.8 Å². The molecule has 0 bridgehead atoms. The summed E-state index contributed by atoms with van der Waals surface area (Å²) in [7, 11) is 3.29. The smallest absolute Gasteiger partial charge is 0.131 e. The van der Waals surface area contributed by atoms with Crippen molar-refractivity contribution in [3.8, 4) is 22.8 Å². The van der Waals surface area contributed by atoms with E-state index in [0.29, 0.717) is 16.6 Å². The number of ether oxygens (including phenoxy) is 2. The second-order valence-corrected chi connectivity index (χ2v) is 6.86. The Morgan fingerprint density at radius 3 is 2.54 bits per heavy atom. The summed E-state index contributed by atoms with van der Waals surface area (Å²) in [5, 5.41) is 2.13. The molecule has 1 heterocycles. The van der Waals surface area contributed by atoms with Crippen LogP contribution in [0.5, 0.6) is 11.5 Å². The molecular weight excluding hydrogens is 371 g/mol. The van der Waals surface area contributed by atoms with Crippen LogP contribution in [-0.2, 0) is 6.42 Å². The van der Waals surface area contributed by atoms with Gasteiger partial charge in [0, 0.05) is 17.0 Å². The molecule has 4 nitrogen and oxygen atoms in total. The molecule has 0 atom stereocenters. The Bertz CT molecular complexity index is 922. The van der Waals surface area contributed by atoms with Crippen LogP contribution in [0.25, 0.3) is 22.2 Å². The number of hydrogen-bond donors (Lipinski definition) is 2. The summed E-state index contributed by atoms with van der Waals surface area (Å²) in [6.07, 6.45) is 2.85. The van der Waals surface area contributed by atoms with Gasteiger partial charge in [-0.1, -0.05) is 29.3 Å². The number of fused-ring (bicyclic) bond motifs is 1. The van der Waals surface area contributed by atoms with Gasteiger partial charge in [-0.15, -0.1) is 0 Å². The normalized spacial score (nSPS) is 11.1. The first kappa shape index (κ1) is 18.9. The van der Waals surface area contributed by atoms with Crippen LogP contribution in [0.2, 0.25) is 10.0 Å². The Hall–Kier alpha value is -1.88. The lowest BCUT2D eigenvalue weighted by Crippen LogP contribution is -1.99. The molecule has 0 saturated carbocycles. The van der Waals surface area contributed by atoms with E-state index in [1.807, 2.05) is 30.3 Å². The minimum atomic E-state index is 0.530. The Balaban J connectivity index is 2.21. The molecule has 0 aliphatic carbocycles. The van der Waals surface area contributed by atoms with Gasteiger partial charge in [0.05, 0.1) is 35.5 Å². The largest absolute Gasteiger partial charge is 0.497 e. The van der Waals surface area contributed by atoms with Crippen LogP contribution in [-0.4, -0.2) is 25.7 Å². The monoisotopic (exact) mass is 392 g/mol. The zero-order valence-corrected chi connectivity index (χ0v) is 16.4. The zero-order valence-electron chi connectivity index (χ0n) is 14.9. The Morgan fingerprint density at radius 2 is 1.85 bits per heavy atom. The number of unbranched alkanes of at least 4 members (excludes halogenated alkanes) is 1. The second-order valence-electron chi connectivity index (χ2n) is 6.07. The molecule has 3 rings (SSSR count). The van der Waals surface area contributed by atoms with Gasteiger partial charge in [-0.25, -0.2) is 0 Å². The Morgan fingerprint density at radius 1 is 1.04 bits per heavy atom. The summed E-state index contributed by atoms with van der Waals surface area (Å²) >= 11 is 12.7. The van der Waals surface area contributed by atoms with Gasteiger partial charge in [0.2, 0.25) is 0 Å². The highest BCUT2D eigenvalue weighted by Crippen LogP contribution is 2.41. The Kier molecular flexibility index (Phi) is 5.97. The van der Waals surface area contributed by atoms with E-state index in [2.05, 4.69) is 4.98 Å². The van der Waals surface area contributed by atoms with E-state index >= 15 is 0 Å². The van der Waals surface area contributed by atoms with Crippen LogP contribution in [0.3, 0.4) is 0 Å². The number of aromatic amines is 1. The molecule has 3 N–H and O–H groups in total. The standard InChI is InChI=1S/C20H22Cl2N2O2/c1-25-12-6-7-15(17(11-12)26-2)19-13(5-3-4-10-23)14-8-9-16(21)18(22)20(14)24-19/h6-9,11,24H,3-5,10,23H2,1-2H3. The topological polar surface area (TPSA) is 60.3 Å². The van der Waals surface area contributed by atoms with E-state index in [4.69, 9.17) is 38.4 Å². The van der Waals surface area contributed by atoms with Gasteiger partial charge in [-0.05, 0) is 49.6 Å². The second kappa shape index (κ2) is 8.21. The van der Waals surface area contributed by atoms with Crippen LogP contribution >= 0.6 is 23.2 Å². The van der Waals surface area contributed by atoms with Crippen LogP contribution in [0.1, 0.15) is 18.4 Å². The predicted octanol–water partition coefficient (Wildman–Crippen LogP) is 5.44. The van der Waals surface area contributed by atoms with Crippen molar-refractivity contribution in [3.63, 3.8) is 0 Å². The van der Waals surface area contributed by atoms with Crippen LogP contribution in [0.15, 0.2) is 30.3 Å². The van der Waals surface area contributed by atoms with E-state index in [0.717, 1.165) is 52.9 Å². The fraction of sp³-hybridized carbons (Fsp3) is 0.300. The number of H-pyrrole nitrogens is 1. The molecule has 0 saturated heterocycles. The minimum absolute atomic E-state index is 0.530. The van der Waals surface area contributed by atoms with Gasteiger partial charge in [0.15, 0.2) is 0 Å². The molecule has 0 aliphatic heterocycles. The number of rotatable bonds is 7. The fourth-order valence-electron chi connectivity index (χ4n) is 3.20. The molecule has 0 spiro atoms. The summed E-state index contributed by atoms with van der Waals surface area (Å²) in [4.78, 5) is 3.46. The summed E-state index contributed by atoms with van der Waals surface area (Å²) in [5.74, 6) is 1.48. The van der Waals surface area contributed by atoms with Crippen LogP contribution < -0.4 is 15.2 Å². The van der Waals surface area contributed by atoms with Crippen molar-refractivity contribution in [2.24, 2.45) is 5.73 Å². The number of nitrogens with two attached hydrogens (primary N) is 1. The quantitative estimate of drug-likeness (QED) is 0.526. The third kappa shape index (κ3) is 3.50. The molecule has 26 heavy (non-hydrogen) atoms. The molecule has 0 radical (unpaired) electrons. The molecule has 6 heteroatoms. The molecule has 1 aromatic heterocycles. The van der Waals surface area contributed by atoms with E-state index in [1.165, 1.54) is 5.56 Å². The number of hydrogen-bond acceptors (Lipinski definition) is 3. The lowest BCUT2D eigenvalue weighted by atomic mass is 9.99. The first-order valence-electron chi connectivity index (χ1n) is 8.51. The summed E-state index contributed by atoms with van der Waals surface area (Å²) in [6, 6.07) is 9.63. The number of aromatic nitrogens is 1. The van der Waals surface area contributed by atoms with Gasteiger partial charge in [0.1, 0.15) is 11.5 Å². The highest BCUT2D eigenvalue weighted by atomic mass is 35.5. The number of halogens is 2. The van der Waals surface area contributed by atoms with Gasteiger partial charge in [0.25, 0.3) is 0 Å². The highest BCUT2D eigenvalue weighted by molar-refractivity contribution is 6.45. The highest BCUT2D eigenvalue weighted by Gasteiger charge is 2.19. The zero-order chi connectivity index (χ0) is 18.7. The fourth-order valence-corrected chi connectivity index (χ4v) is 3.57. The maximum absolute atomic E-state index is 6.45. The number of nitrogens with one attached hydrogen (secondary N) is 1. The third-order valence-electron chi connectivity index (χ3n) is 4.53. The maximum Gasteiger partial charge on any atom is 0.131 e. The molecule has 0 aliphatic rings. The first-order chi connectivity index (χ1) is 12.6.